The Hall–Kier alpha value is -0.420. The number of nitrogens with zero attached hydrogens (tertiary/aromatic N) is 1. The molecule has 1 aromatic carbocycles. The summed E-state index contributed by atoms with van der Waals surface area (Å²) in [5.41, 5.74) is 2.24. The smallest absolute Gasteiger partial charge is 0.115 e. The zero-order valence-electron chi connectivity index (χ0n) is 11.8. The third kappa shape index (κ3) is 3.61. The number of rotatable bonds is 5. The number of hydrogen-bond donors (Lipinski definition) is 1. The summed E-state index contributed by atoms with van der Waals surface area (Å²) in [5.74, 6) is 0. The highest BCUT2D eigenvalue weighted by molar-refractivity contribution is 9.10. The van der Waals surface area contributed by atoms with Crippen molar-refractivity contribution >= 4 is 38.9 Å². The van der Waals surface area contributed by atoms with Gasteiger partial charge in [-0.3, -0.25) is 0 Å². The molecular weight excluding hydrogens is 356 g/mol. The molecule has 2 rings (SSSR count). The van der Waals surface area contributed by atoms with Gasteiger partial charge in [0.1, 0.15) is 5.01 Å². The van der Waals surface area contributed by atoms with Crippen LogP contribution in [0.3, 0.4) is 0 Å². The second kappa shape index (κ2) is 7.03. The first kappa shape index (κ1) is 16.0. The Bertz CT molecular complexity index is 578. The predicted octanol–water partition coefficient (Wildman–Crippen LogP) is 5.26. The molecule has 20 heavy (non-hydrogen) atoms. The number of aryl methyl sites for hydroxylation is 2. The van der Waals surface area contributed by atoms with E-state index in [2.05, 4.69) is 42.0 Å². The van der Waals surface area contributed by atoms with E-state index < -0.39 is 0 Å². The number of nitrogens with one attached hydrogen (secondary N) is 1. The van der Waals surface area contributed by atoms with Crippen molar-refractivity contribution in [2.24, 2.45) is 0 Å². The van der Waals surface area contributed by atoms with Crippen molar-refractivity contribution in [1.29, 1.82) is 0 Å². The molecule has 1 heterocycles. The Morgan fingerprint density at radius 1 is 1.40 bits per heavy atom. The van der Waals surface area contributed by atoms with Crippen LogP contribution in [0.4, 0.5) is 0 Å². The van der Waals surface area contributed by atoms with Crippen molar-refractivity contribution in [3.63, 3.8) is 0 Å². The molecule has 108 valence electrons. The average molecular weight is 374 g/mol. The predicted molar refractivity (Wildman–Crippen MR) is 90.9 cm³/mol. The third-order valence-electron chi connectivity index (χ3n) is 3.16. The second-order valence-corrected chi connectivity index (χ2v) is 7.27. The minimum absolute atomic E-state index is 0.0837. The molecule has 0 amide bonds. The van der Waals surface area contributed by atoms with Crippen LogP contribution < -0.4 is 5.32 Å². The van der Waals surface area contributed by atoms with E-state index in [-0.39, 0.29) is 6.04 Å². The van der Waals surface area contributed by atoms with Gasteiger partial charge in [0.2, 0.25) is 0 Å². The monoisotopic (exact) mass is 372 g/mol. The second-order valence-electron chi connectivity index (χ2n) is 4.75. The van der Waals surface area contributed by atoms with Gasteiger partial charge in [-0.2, -0.15) is 0 Å². The van der Waals surface area contributed by atoms with Gasteiger partial charge in [0.15, 0.2) is 0 Å². The van der Waals surface area contributed by atoms with E-state index in [1.54, 1.807) is 11.3 Å². The van der Waals surface area contributed by atoms with Crippen LogP contribution in [0.1, 0.15) is 40.5 Å². The Morgan fingerprint density at radius 3 is 2.75 bits per heavy atom. The van der Waals surface area contributed by atoms with E-state index in [0.29, 0.717) is 0 Å². The maximum atomic E-state index is 6.15. The van der Waals surface area contributed by atoms with Crippen molar-refractivity contribution in [1.82, 2.24) is 10.3 Å². The van der Waals surface area contributed by atoms with Crippen LogP contribution in [0.15, 0.2) is 22.7 Å². The van der Waals surface area contributed by atoms with Crippen molar-refractivity contribution in [3.8, 4) is 0 Å². The fraction of sp³-hybridized carbons (Fsp3) is 0.400. The highest BCUT2D eigenvalue weighted by Gasteiger charge is 2.20. The first-order valence-electron chi connectivity index (χ1n) is 6.65. The maximum Gasteiger partial charge on any atom is 0.115 e. The standard InChI is InChI=1S/C15H18BrClN2S/c1-4-7-18-14(15-19-9(2)10(3)20-15)12-8-11(17)5-6-13(12)16/h5-6,8,14,18H,4,7H2,1-3H3. The van der Waals surface area contributed by atoms with E-state index in [1.165, 1.54) is 4.88 Å². The topological polar surface area (TPSA) is 24.9 Å². The van der Waals surface area contributed by atoms with Gasteiger partial charge in [-0.05, 0) is 50.6 Å². The van der Waals surface area contributed by atoms with Crippen LogP contribution in [-0.2, 0) is 0 Å². The fourth-order valence-electron chi connectivity index (χ4n) is 1.98. The Balaban J connectivity index is 2.43. The van der Waals surface area contributed by atoms with E-state index in [4.69, 9.17) is 16.6 Å². The van der Waals surface area contributed by atoms with Gasteiger partial charge in [-0.1, -0.05) is 34.5 Å². The molecule has 0 aliphatic heterocycles. The van der Waals surface area contributed by atoms with Crippen molar-refractivity contribution in [3.05, 3.63) is 48.8 Å². The van der Waals surface area contributed by atoms with E-state index in [1.807, 2.05) is 18.2 Å². The van der Waals surface area contributed by atoms with Crippen molar-refractivity contribution in [2.45, 2.75) is 33.2 Å². The summed E-state index contributed by atoms with van der Waals surface area (Å²) in [6, 6.07) is 5.97. The van der Waals surface area contributed by atoms with Gasteiger partial charge in [0, 0.05) is 14.4 Å². The molecule has 0 bridgehead atoms. The molecule has 1 atom stereocenters. The minimum Gasteiger partial charge on any atom is -0.304 e. The van der Waals surface area contributed by atoms with Gasteiger partial charge in [-0.25, -0.2) is 4.98 Å². The van der Waals surface area contributed by atoms with Gasteiger partial charge in [-0.15, -0.1) is 11.3 Å². The van der Waals surface area contributed by atoms with Gasteiger partial charge >= 0.3 is 0 Å². The Labute approximate surface area is 137 Å². The molecule has 2 aromatic rings. The summed E-state index contributed by atoms with van der Waals surface area (Å²) in [5, 5.41) is 5.41. The minimum atomic E-state index is 0.0837. The number of benzene rings is 1. The van der Waals surface area contributed by atoms with E-state index in [9.17, 15) is 0 Å². The van der Waals surface area contributed by atoms with Gasteiger partial charge in [0.05, 0.1) is 11.7 Å². The highest BCUT2D eigenvalue weighted by Crippen LogP contribution is 2.33. The summed E-state index contributed by atoms with van der Waals surface area (Å²) in [7, 11) is 0. The zero-order chi connectivity index (χ0) is 14.7. The third-order valence-corrected chi connectivity index (χ3v) is 5.25. The van der Waals surface area contributed by atoms with Crippen LogP contribution >= 0.6 is 38.9 Å². The lowest BCUT2D eigenvalue weighted by molar-refractivity contribution is 0.593. The summed E-state index contributed by atoms with van der Waals surface area (Å²) < 4.78 is 1.06. The summed E-state index contributed by atoms with van der Waals surface area (Å²) in [4.78, 5) is 5.97. The molecule has 1 unspecified atom stereocenters. The lowest BCUT2D eigenvalue weighted by Crippen LogP contribution is -2.23. The lowest BCUT2D eigenvalue weighted by atomic mass is 10.1. The molecule has 0 saturated heterocycles. The van der Waals surface area contributed by atoms with Crippen LogP contribution in [-0.4, -0.2) is 11.5 Å². The molecule has 1 aromatic heterocycles. The van der Waals surface area contributed by atoms with E-state index >= 15 is 0 Å². The molecule has 1 N–H and O–H groups in total. The summed E-state index contributed by atoms with van der Waals surface area (Å²) in [6.07, 6.45) is 1.08. The zero-order valence-corrected chi connectivity index (χ0v) is 15.0. The molecule has 5 heteroatoms. The van der Waals surface area contributed by atoms with Gasteiger partial charge in [0.25, 0.3) is 0 Å². The summed E-state index contributed by atoms with van der Waals surface area (Å²) in [6.45, 7) is 7.27. The molecule has 0 aliphatic carbocycles. The maximum absolute atomic E-state index is 6.15. The van der Waals surface area contributed by atoms with E-state index in [0.717, 1.165) is 38.7 Å². The van der Waals surface area contributed by atoms with Crippen LogP contribution in [0.25, 0.3) is 0 Å². The van der Waals surface area contributed by atoms with Crippen molar-refractivity contribution < 1.29 is 0 Å². The number of thiazole rings is 1. The molecule has 2 nitrogen and oxygen atoms in total. The average Bonchev–Trinajstić information content (AvgIpc) is 2.74. The lowest BCUT2D eigenvalue weighted by Gasteiger charge is -2.18. The van der Waals surface area contributed by atoms with Gasteiger partial charge < -0.3 is 5.32 Å². The normalized spacial score (nSPS) is 12.7. The number of halogens is 2. The fourth-order valence-corrected chi connectivity index (χ4v) is 3.65. The molecule has 0 fully saturated rings. The highest BCUT2D eigenvalue weighted by atomic mass is 79.9. The molecule has 0 aliphatic rings. The quantitative estimate of drug-likeness (QED) is 0.772. The van der Waals surface area contributed by atoms with Crippen LogP contribution in [0.5, 0.6) is 0 Å². The largest absolute Gasteiger partial charge is 0.304 e. The first-order chi connectivity index (χ1) is 9.52. The Morgan fingerprint density at radius 2 is 2.15 bits per heavy atom. The Kier molecular flexibility index (Phi) is 5.61. The molecule has 0 spiro atoms. The van der Waals surface area contributed by atoms with Crippen LogP contribution in [0, 0.1) is 13.8 Å². The van der Waals surface area contributed by atoms with Crippen LogP contribution in [0.2, 0.25) is 5.02 Å². The molecule has 0 radical (unpaired) electrons. The molecular formula is C15H18BrClN2S. The number of aromatic nitrogens is 1. The summed E-state index contributed by atoms with van der Waals surface area (Å²) >= 11 is 11.5. The number of hydrogen-bond acceptors (Lipinski definition) is 3. The van der Waals surface area contributed by atoms with Crippen molar-refractivity contribution in [2.75, 3.05) is 6.54 Å². The molecule has 0 saturated carbocycles. The SMILES string of the molecule is CCCNC(c1nc(C)c(C)s1)c1cc(Cl)ccc1Br. The first-order valence-corrected chi connectivity index (χ1v) is 8.64.